The van der Waals surface area contributed by atoms with E-state index in [0.29, 0.717) is 11.6 Å². The lowest BCUT2D eigenvalue weighted by Gasteiger charge is -2.13. The molecule has 1 aromatic carbocycles. The van der Waals surface area contributed by atoms with Gasteiger partial charge in [0.1, 0.15) is 12.0 Å². The van der Waals surface area contributed by atoms with Gasteiger partial charge in [0.25, 0.3) is 0 Å². The van der Waals surface area contributed by atoms with E-state index in [-0.39, 0.29) is 18.2 Å². The Morgan fingerprint density at radius 1 is 1.27 bits per heavy atom. The molecule has 0 bridgehead atoms. The number of para-hydroxylation sites is 2. The first-order valence-electron chi connectivity index (χ1n) is 7.31. The number of anilines is 1. The first kappa shape index (κ1) is 17.8. The number of halogens is 3. The Morgan fingerprint density at radius 3 is 2.81 bits per heavy atom. The maximum atomic E-state index is 12.4. The van der Waals surface area contributed by atoms with Crippen molar-refractivity contribution < 1.29 is 22.3 Å². The number of thiophene rings is 1. The van der Waals surface area contributed by atoms with Crippen molar-refractivity contribution in [2.45, 2.75) is 12.9 Å². The van der Waals surface area contributed by atoms with Crippen LogP contribution in [0.5, 0.6) is 5.75 Å². The molecule has 0 aliphatic carbocycles. The molecule has 26 heavy (non-hydrogen) atoms. The predicted octanol–water partition coefficient (Wildman–Crippen LogP) is 4.23. The second-order valence-corrected chi connectivity index (χ2v) is 5.94. The molecule has 0 atom stereocenters. The fraction of sp³-hybridized carbons (Fsp3) is 0.125. The summed E-state index contributed by atoms with van der Waals surface area (Å²) in [5, 5.41) is 4.49. The maximum absolute atomic E-state index is 12.4. The molecule has 3 aromatic rings. The number of nitrogens with two attached hydrogens (primary N) is 1. The highest BCUT2D eigenvalue weighted by molar-refractivity contribution is 7.13. The number of nitrogens with one attached hydrogen (secondary N) is 1. The number of nitrogens with zero attached hydrogens (tertiary/aromatic N) is 2. The van der Waals surface area contributed by atoms with Crippen LogP contribution in [0.15, 0.2) is 57.5 Å². The van der Waals surface area contributed by atoms with E-state index in [1.54, 1.807) is 6.07 Å². The largest absolute Gasteiger partial charge is 0.573 e. The molecule has 0 aliphatic heterocycles. The van der Waals surface area contributed by atoms with Gasteiger partial charge >= 0.3 is 6.36 Å². The standard InChI is InChI=1S/C16H13F3N4O2S/c17-16(18,19)25-12-5-2-1-4-11(12)23-15(20)21-8-10-9-24-14(22-10)13-6-3-7-26-13/h1-7,9H,8H2,(H3,20,21,23). The molecule has 10 heteroatoms. The smallest absolute Gasteiger partial charge is 0.443 e. The number of guanidine groups is 1. The summed E-state index contributed by atoms with van der Waals surface area (Å²) in [5.74, 6) is -0.0101. The number of alkyl halides is 3. The molecule has 2 heterocycles. The summed E-state index contributed by atoms with van der Waals surface area (Å²) >= 11 is 1.49. The average molecular weight is 382 g/mol. The first-order chi connectivity index (χ1) is 12.4. The molecule has 3 rings (SSSR count). The van der Waals surface area contributed by atoms with Crippen molar-refractivity contribution in [3.05, 3.63) is 53.7 Å². The number of hydrogen-bond donors (Lipinski definition) is 2. The fourth-order valence-corrected chi connectivity index (χ4v) is 2.68. The van der Waals surface area contributed by atoms with Crippen LogP contribution in [0.3, 0.4) is 0 Å². The van der Waals surface area contributed by atoms with E-state index >= 15 is 0 Å². The third-order valence-electron chi connectivity index (χ3n) is 3.07. The minimum Gasteiger partial charge on any atom is -0.443 e. The fourth-order valence-electron chi connectivity index (χ4n) is 2.02. The molecule has 6 nitrogen and oxygen atoms in total. The zero-order chi connectivity index (χ0) is 18.6. The number of rotatable bonds is 5. The minimum absolute atomic E-state index is 0.0468. The molecule has 0 spiro atoms. The Labute approximate surface area is 150 Å². The molecule has 0 saturated heterocycles. The SMILES string of the molecule is NC(=NCc1coc(-c2cccs2)n1)Nc1ccccc1OC(F)(F)F. The summed E-state index contributed by atoms with van der Waals surface area (Å²) in [6, 6.07) is 9.29. The summed E-state index contributed by atoms with van der Waals surface area (Å²) in [7, 11) is 0. The Bertz CT molecular complexity index is 891. The third-order valence-corrected chi connectivity index (χ3v) is 3.93. The summed E-state index contributed by atoms with van der Waals surface area (Å²) in [5.41, 5.74) is 6.32. The number of oxazole rings is 1. The highest BCUT2D eigenvalue weighted by Crippen LogP contribution is 2.29. The normalized spacial score (nSPS) is 12.2. The molecule has 0 saturated carbocycles. The highest BCUT2D eigenvalue weighted by atomic mass is 32.1. The van der Waals surface area contributed by atoms with Crippen LogP contribution in [0, 0.1) is 0 Å². The predicted molar refractivity (Wildman–Crippen MR) is 91.9 cm³/mol. The summed E-state index contributed by atoms with van der Waals surface area (Å²) < 4.78 is 46.6. The van der Waals surface area contributed by atoms with Gasteiger partial charge in [0.2, 0.25) is 5.89 Å². The van der Waals surface area contributed by atoms with E-state index < -0.39 is 12.1 Å². The van der Waals surface area contributed by atoms with Crippen molar-refractivity contribution in [2.75, 3.05) is 5.32 Å². The van der Waals surface area contributed by atoms with Gasteiger partial charge in [-0.3, -0.25) is 0 Å². The molecular formula is C16H13F3N4O2S. The zero-order valence-corrected chi connectivity index (χ0v) is 14.0. The molecule has 0 aliphatic rings. The third kappa shape index (κ3) is 4.76. The van der Waals surface area contributed by atoms with Crippen molar-refractivity contribution in [2.24, 2.45) is 10.7 Å². The number of benzene rings is 1. The molecule has 0 unspecified atom stereocenters. The monoisotopic (exact) mass is 382 g/mol. The molecule has 2 aromatic heterocycles. The lowest BCUT2D eigenvalue weighted by atomic mass is 10.3. The molecule has 136 valence electrons. The van der Waals surface area contributed by atoms with Crippen LogP contribution in [0.1, 0.15) is 5.69 Å². The molecule has 0 amide bonds. The Balaban J connectivity index is 1.66. The van der Waals surface area contributed by atoms with Crippen molar-refractivity contribution >= 4 is 23.0 Å². The van der Waals surface area contributed by atoms with Gasteiger partial charge in [-0.1, -0.05) is 18.2 Å². The van der Waals surface area contributed by atoms with Gasteiger partial charge in [-0.05, 0) is 23.6 Å². The maximum Gasteiger partial charge on any atom is 0.573 e. The second-order valence-electron chi connectivity index (χ2n) is 4.99. The van der Waals surface area contributed by atoms with Crippen LogP contribution in [0.2, 0.25) is 0 Å². The van der Waals surface area contributed by atoms with E-state index in [1.807, 2.05) is 17.5 Å². The van der Waals surface area contributed by atoms with Gasteiger partial charge in [0.05, 0.1) is 17.1 Å². The zero-order valence-electron chi connectivity index (χ0n) is 13.2. The Hall–Kier alpha value is -3.01. The van der Waals surface area contributed by atoms with Crippen molar-refractivity contribution in [1.29, 1.82) is 0 Å². The van der Waals surface area contributed by atoms with Crippen molar-refractivity contribution in [1.82, 2.24) is 4.98 Å². The van der Waals surface area contributed by atoms with E-state index in [2.05, 4.69) is 20.0 Å². The molecule has 3 N–H and O–H groups in total. The van der Waals surface area contributed by atoms with Crippen LogP contribution in [0.25, 0.3) is 10.8 Å². The Morgan fingerprint density at radius 2 is 2.08 bits per heavy atom. The quantitative estimate of drug-likeness (QED) is 0.510. The average Bonchev–Trinajstić information content (AvgIpc) is 3.24. The van der Waals surface area contributed by atoms with Gasteiger partial charge in [-0.2, -0.15) is 0 Å². The van der Waals surface area contributed by atoms with Gasteiger partial charge in [0.15, 0.2) is 11.7 Å². The number of hydrogen-bond acceptors (Lipinski definition) is 5. The van der Waals surface area contributed by atoms with Crippen LogP contribution in [0.4, 0.5) is 18.9 Å². The van der Waals surface area contributed by atoms with E-state index in [0.717, 1.165) is 4.88 Å². The molecule has 0 fully saturated rings. The second kappa shape index (κ2) is 7.48. The van der Waals surface area contributed by atoms with E-state index in [4.69, 9.17) is 10.2 Å². The molecule has 0 radical (unpaired) electrons. The van der Waals surface area contributed by atoms with Gasteiger partial charge in [-0.15, -0.1) is 24.5 Å². The number of aliphatic imine (C=N–C) groups is 1. The first-order valence-corrected chi connectivity index (χ1v) is 8.19. The van der Waals surface area contributed by atoms with Crippen molar-refractivity contribution in [3.8, 4) is 16.5 Å². The molecular weight excluding hydrogens is 369 g/mol. The van der Waals surface area contributed by atoms with Crippen LogP contribution in [-0.4, -0.2) is 17.3 Å². The summed E-state index contributed by atoms with van der Waals surface area (Å²) in [4.78, 5) is 9.21. The minimum atomic E-state index is -4.80. The van der Waals surface area contributed by atoms with Crippen LogP contribution in [-0.2, 0) is 6.54 Å². The van der Waals surface area contributed by atoms with Gasteiger partial charge in [-0.25, -0.2) is 9.98 Å². The highest BCUT2D eigenvalue weighted by Gasteiger charge is 2.32. The van der Waals surface area contributed by atoms with E-state index in [9.17, 15) is 13.2 Å². The Kier molecular flexibility index (Phi) is 5.12. The van der Waals surface area contributed by atoms with Crippen molar-refractivity contribution in [3.63, 3.8) is 0 Å². The van der Waals surface area contributed by atoms with Crippen LogP contribution < -0.4 is 15.8 Å². The lowest BCUT2D eigenvalue weighted by molar-refractivity contribution is -0.274. The number of ether oxygens (including phenoxy) is 1. The summed E-state index contributed by atoms with van der Waals surface area (Å²) in [6.45, 7) is 0.107. The topological polar surface area (TPSA) is 85.7 Å². The lowest BCUT2D eigenvalue weighted by Crippen LogP contribution is -2.24. The van der Waals surface area contributed by atoms with E-state index in [1.165, 1.54) is 35.8 Å². The van der Waals surface area contributed by atoms with Gasteiger partial charge in [0, 0.05) is 0 Å². The van der Waals surface area contributed by atoms with Crippen LogP contribution >= 0.6 is 11.3 Å². The summed E-state index contributed by atoms with van der Waals surface area (Å²) in [6.07, 6.45) is -3.35. The van der Waals surface area contributed by atoms with Gasteiger partial charge < -0.3 is 20.2 Å². The number of aromatic nitrogens is 1.